The van der Waals surface area contributed by atoms with Crippen LogP contribution in [0.1, 0.15) is 56.8 Å². The molecule has 1 aromatic rings. The molecule has 0 aliphatic heterocycles. The van der Waals surface area contributed by atoms with Gasteiger partial charge in [0, 0.05) is 24.2 Å². The van der Waals surface area contributed by atoms with Crippen LogP contribution in [-0.2, 0) is 4.79 Å². The minimum absolute atomic E-state index is 0.0194. The second-order valence-electron chi connectivity index (χ2n) is 5.67. The molecule has 1 rings (SSSR count). The van der Waals surface area contributed by atoms with Crippen LogP contribution >= 0.6 is 0 Å². The van der Waals surface area contributed by atoms with Crippen molar-refractivity contribution in [2.24, 2.45) is 5.92 Å². The Bertz CT molecular complexity index is 452. The third-order valence-electron chi connectivity index (χ3n) is 3.20. The number of carbonyl (C=O) groups is 2. The maximum atomic E-state index is 11.9. The monoisotopic (exact) mass is 290 g/mol. The van der Waals surface area contributed by atoms with Crippen molar-refractivity contribution in [1.82, 2.24) is 5.32 Å². The Kier molecular flexibility index (Phi) is 7.51. The molecule has 0 bridgehead atoms. The summed E-state index contributed by atoms with van der Waals surface area (Å²) in [4.78, 5) is 23.5. The molecule has 0 heterocycles. The molecular weight excluding hydrogens is 264 g/mol. The molecule has 0 fully saturated rings. The van der Waals surface area contributed by atoms with E-state index >= 15 is 0 Å². The van der Waals surface area contributed by atoms with Crippen LogP contribution in [0.25, 0.3) is 0 Å². The zero-order valence-corrected chi connectivity index (χ0v) is 13.2. The summed E-state index contributed by atoms with van der Waals surface area (Å²) in [7, 11) is 0. The fourth-order valence-corrected chi connectivity index (χ4v) is 1.84. The second kappa shape index (κ2) is 9.16. The topological polar surface area (TPSA) is 58.2 Å². The molecule has 0 atom stereocenters. The highest BCUT2D eigenvalue weighted by molar-refractivity contribution is 5.95. The maximum absolute atomic E-state index is 11.9. The van der Waals surface area contributed by atoms with Gasteiger partial charge >= 0.3 is 0 Å². The fourth-order valence-electron chi connectivity index (χ4n) is 1.84. The van der Waals surface area contributed by atoms with Gasteiger partial charge in [0.2, 0.25) is 5.91 Å². The molecule has 0 saturated carbocycles. The summed E-state index contributed by atoms with van der Waals surface area (Å²) in [6.45, 7) is 7.00. The summed E-state index contributed by atoms with van der Waals surface area (Å²) in [5.74, 6) is 0.525. The van der Waals surface area contributed by atoms with E-state index in [9.17, 15) is 9.59 Å². The molecule has 2 amide bonds. The first kappa shape index (κ1) is 17.2. The van der Waals surface area contributed by atoms with Crippen LogP contribution in [0.5, 0.6) is 0 Å². The Hall–Kier alpha value is -1.84. The first-order valence-electron chi connectivity index (χ1n) is 7.71. The molecule has 0 spiro atoms. The zero-order chi connectivity index (χ0) is 15.7. The second-order valence-corrected chi connectivity index (χ2v) is 5.67. The number of carbonyl (C=O) groups excluding carboxylic acids is 2. The Morgan fingerprint density at radius 1 is 1.14 bits per heavy atom. The number of hydrogen-bond acceptors (Lipinski definition) is 2. The van der Waals surface area contributed by atoms with Crippen LogP contribution in [0.2, 0.25) is 0 Å². The fraction of sp³-hybridized carbons (Fsp3) is 0.529. The lowest BCUT2D eigenvalue weighted by Crippen LogP contribution is -2.25. The normalized spacial score (nSPS) is 10.5. The number of rotatable bonds is 8. The summed E-state index contributed by atoms with van der Waals surface area (Å²) in [6.07, 6.45) is 3.40. The lowest BCUT2D eigenvalue weighted by atomic mass is 10.1. The van der Waals surface area contributed by atoms with Crippen LogP contribution in [0.3, 0.4) is 0 Å². The Balaban J connectivity index is 2.45. The summed E-state index contributed by atoms with van der Waals surface area (Å²) in [6, 6.07) is 7.00. The van der Waals surface area contributed by atoms with Crippen molar-refractivity contribution in [3.63, 3.8) is 0 Å². The van der Waals surface area contributed by atoms with Crippen molar-refractivity contribution in [2.75, 3.05) is 11.9 Å². The lowest BCUT2D eigenvalue weighted by Gasteiger charge is -2.08. The van der Waals surface area contributed by atoms with Gasteiger partial charge in [-0.05, 0) is 43.0 Å². The molecule has 1 aromatic carbocycles. The van der Waals surface area contributed by atoms with E-state index in [1.54, 1.807) is 24.3 Å². The van der Waals surface area contributed by atoms with Crippen molar-refractivity contribution in [3.8, 4) is 0 Å². The average Bonchev–Trinajstić information content (AvgIpc) is 2.45. The molecule has 116 valence electrons. The molecule has 4 nitrogen and oxygen atoms in total. The van der Waals surface area contributed by atoms with Crippen LogP contribution in [-0.4, -0.2) is 18.4 Å². The van der Waals surface area contributed by atoms with Gasteiger partial charge < -0.3 is 10.6 Å². The van der Waals surface area contributed by atoms with Gasteiger partial charge in [-0.25, -0.2) is 0 Å². The predicted octanol–water partition coefficient (Wildman–Crippen LogP) is 3.59. The number of unbranched alkanes of at least 4 members (excludes halogenated alkanes) is 1. The van der Waals surface area contributed by atoms with Crippen molar-refractivity contribution in [2.45, 2.75) is 46.5 Å². The molecule has 0 aliphatic carbocycles. The van der Waals surface area contributed by atoms with Gasteiger partial charge in [0.1, 0.15) is 0 Å². The van der Waals surface area contributed by atoms with Crippen molar-refractivity contribution in [3.05, 3.63) is 29.8 Å². The lowest BCUT2D eigenvalue weighted by molar-refractivity contribution is -0.116. The highest BCUT2D eigenvalue weighted by Crippen LogP contribution is 2.10. The standard InChI is InChI=1S/C17H26N2O2/c1-4-5-6-16(20)19-15-9-7-14(8-10-15)17(21)18-12-11-13(2)3/h7-10,13H,4-6,11-12H2,1-3H3,(H,18,21)(H,19,20). The third kappa shape index (κ3) is 6.93. The SMILES string of the molecule is CCCCC(=O)Nc1ccc(C(=O)NCCC(C)C)cc1. The number of amides is 2. The quantitative estimate of drug-likeness (QED) is 0.768. The van der Waals surface area contributed by atoms with Crippen LogP contribution in [0.15, 0.2) is 24.3 Å². The smallest absolute Gasteiger partial charge is 0.251 e. The largest absolute Gasteiger partial charge is 0.352 e. The Morgan fingerprint density at radius 3 is 2.38 bits per heavy atom. The molecule has 0 saturated heterocycles. The molecule has 21 heavy (non-hydrogen) atoms. The first-order chi connectivity index (χ1) is 10.0. The number of anilines is 1. The summed E-state index contributed by atoms with van der Waals surface area (Å²) >= 11 is 0. The molecular formula is C17H26N2O2. The predicted molar refractivity (Wildman–Crippen MR) is 86.4 cm³/mol. The minimum atomic E-state index is -0.0699. The maximum Gasteiger partial charge on any atom is 0.251 e. The highest BCUT2D eigenvalue weighted by Gasteiger charge is 2.06. The molecule has 0 radical (unpaired) electrons. The molecule has 0 aromatic heterocycles. The highest BCUT2D eigenvalue weighted by atomic mass is 16.2. The van der Waals surface area contributed by atoms with Gasteiger partial charge in [0.15, 0.2) is 0 Å². The number of nitrogens with one attached hydrogen (secondary N) is 2. The van der Waals surface area contributed by atoms with Gasteiger partial charge in [-0.1, -0.05) is 27.2 Å². The number of hydrogen-bond donors (Lipinski definition) is 2. The van der Waals surface area contributed by atoms with E-state index in [2.05, 4.69) is 31.4 Å². The summed E-state index contributed by atoms with van der Waals surface area (Å²) < 4.78 is 0. The first-order valence-corrected chi connectivity index (χ1v) is 7.71. The third-order valence-corrected chi connectivity index (χ3v) is 3.20. The van der Waals surface area contributed by atoms with E-state index in [0.717, 1.165) is 24.9 Å². The van der Waals surface area contributed by atoms with E-state index in [1.165, 1.54) is 0 Å². The summed E-state index contributed by atoms with van der Waals surface area (Å²) in [5, 5.41) is 5.72. The van der Waals surface area contributed by atoms with E-state index in [-0.39, 0.29) is 11.8 Å². The van der Waals surface area contributed by atoms with Gasteiger partial charge in [0.25, 0.3) is 5.91 Å². The average molecular weight is 290 g/mol. The van der Waals surface area contributed by atoms with E-state index in [1.807, 2.05) is 0 Å². The Labute approximate surface area is 127 Å². The van der Waals surface area contributed by atoms with Crippen molar-refractivity contribution >= 4 is 17.5 Å². The summed E-state index contributed by atoms with van der Waals surface area (Å²) in [5.41, 5.74) is 1.35. The van der Waals surface area contributed by atoms with Crippen LogP contribution in [0.4, 0.5) is 5.69 Å². The van der Waals surface area contributed by atoms with E-state index in [4.69, 9.17) is 0 Å². The van der Waals surface area contributed by atoms with Gasteiger partial charge in [-0.15, -0.1) is 0 Å². The van der Waals surface area contributed by atoms with Gasteiger partial charge in [-0.3, -0.25) is 9.59 Å². The molecule has 0 unspecified atom stereocenters. The van der Waals surface area contributed by atoms with Crippen LogP contribution < -0.4 is 10.6 Å². The molecule has 0 aliphatic rings. The van der Waals surface area contributed by atoms with Crippen LogP contribution in [0, 0.1) is 5.92 Å². The van der Waals surface area contributed by atoms with Crippen molar-refractivity contribution < 1.29 is 9.59 Å². The van der Waals surface area contributed by atoms with E-state index < -0.39 is 0 Å². The van der Waals surface area contributed by atoms with Crippen molar-refractivity contribution in [1.29, 1.82) is 0 Å². The molecule has 4 heteroatoms. The van der Waals surface area contributed by atoms with Gasteiger partial charge in [-0.2, -0.15) is 0 Å². The Morgan fingerprint density at radius 2 is 1.81 bits per heavy atom. The molecule has 2 N–H and O–H groups in total. The van der Waals surface area contributed by atoms with Gasteiger partial charge in [0.05, 0.1) is 0 Å². The van der Waals surface area contributed by atoms with E-state index in [0.29, 0.717) is 24.4 Å². The zero-order valence-electron chi connectivity index (χ0n) is 13.2. The minimum Gasteiger partial charge on any atom is -0.352 e. The number of benzene rings is 1.